The summed E-state index contributed by atoms with van der Waals surface area (Å²) in [5.74, 6) is 0.252. The molecule has 0 aliphatic heterocycles. The second-order valence-corrected chi connectivity index (χ2v) is 6.63. The molecular formula is C10H15N3O2S2. The zero-order valence-electron chi connectivity index (χ0n) is 9.97. The Balaban J connectivity index is 2.87. The summed E-state index contributed by atoms with van der Waals surface area (Å²) in [5, 5.41) is 9.85. The van der Waals surface area contributed by atoms with E-state index in [1.54, 1.807) is 13.0 Å². The highest BCUT2D eigenvalue weighted by atomic mass is 32.2. The highest BCUT2D eigenvalue weighted by molar-refractivity contribution is 7.93. The topological polar surface area (TPSA) is 82.8 Å². The van der Waals surface area contributed by atoms with E-state index in [1.165, 1.54) is 11.3 Å². The third-order valence-electron chi connectivity index (χ3n) is 2.23. The largest absolute Gasteiger partial charge is 0.258 e. The summed E-state index contributed by atoms with van der Waals surface area (Å²) in [7, 11) is -3.65. The Bertz CT molecular complexity index is 514. The lowest BCUT2D eigenvalue weighted by Crippen LogP contribution is -2.25. The fraction of sp³-hybridized carbons (Fsp3) is 0.600. The first kappa shape index (κ1) is 13.9. The second-order valence-electron chi connectivity index (χ2n) is 3.91. The molecule has 1 rings (SSSR count). The van der Waals surface area contributed by atoms with E-state index in [2.05, 4.69) is 9.71 Å². The molecule has 1 atom stereocenters. The molecule has 0 saturated carbocycles. The van der Waals surface area contributed by atoms with E-state index in [1.807, 2.05) is 19.2 Å². The molecule has 0 fully saturated rings. The summed E-state index contributed by atoms with van der Waals surface area (Å²) in [6.07, 6.45) is 0.258. The lowest BCUT2D eigenvalue weighted by atomic mass is 10.2. The minimum Gasteiger partial charge on any atom is -0.258 e. The standard InChI is InChI=1S/C10H15N3O2S2/c1-4-8(5-11)17(14,15)13-10-12-9(6-16-10)7(2)3/h6-8H,4H2,1-3H3,(H,12,13). The van der Waals surface area contributed by atoms with Crippen LogP contribution in [-0.4, -0.2) is 18.7 Å². The van der Waals surface area contributed by atoms with Crippen LogP contribution in [0.5, 0.6) is 0 Å². The van der Waals surface area contributed by atoms with Crippen LogP contribution >= 0.6 is 11.3 Å². The van der Waals surface area contributed by atoms with Crippen molar-refractivity contribution in [1.29, 1.82) is 5.26 Å². The Hall–Kier alpha value is -1.13. The zero-order valence-corrected chi connectivity index (χ0v) is 11.6. The fourth-order valence-corrected chi connectivity index (χ4v) is 3.44. The van der Waals surface area contributed by atoms with Crippen LogP contribution < -0.4 is 4.72 Å². The van der Waals surface area contributed by atoms with Gasteiger partial charge < -0.3 is 0 Å². The van der Waals surface area contributed by atoms with Gasteiger partial charge in [-0.2, -0.15) is 5.26 Å². The minimum atomic E-state index is -3.65. The van der Waals surface area contributed by atoms with Gasteiger partial charge in [-0.05, 0) is 12.3 Å². The normalized spacial score (nSPS) is 13.4. The van der Waals surface area contributed by atoms with Crippen LogP contribution in [0, 0.1) is 11.3 Å². The molecule has 17 heavy (non-hydrogen) atoms. The molecule has 5 nitrogen and oxygen atoms in total. The van der Waals surface area contributed by atoms with Crippen molar-refractivity contribution in [3.05, 3.63) is 11.1 Å². The van der Waals surface area contributed by atoms with Crippen LogP contribution in [-0.2, 0) is 10.0 Å². The zero-order chi connectivity index (χ0) is 13.1. The first-order valence-corrected chi connectivity index (χ1v) is 7.70. The highest BCUT2D eigenvalue weighted by Gasteiger charge is 2.24. The predicted octanol–water partition coefficient (Wildman–Crippen LogP) is 2.31. The van der Waals surface area contributed by atoms with Crippen molar-refractivity contribution < 1.29 is 8.42 Å². The van der Waals surface area contributed by atoms with E-state index in [4.69, 9.17) is 5.26 Å². The van der Waals surface area contributed by atoms with Crippen molar-refractivity contribution in [3.63, 3.8) is 0 Å². The molecule has 0 spiro atoms. The second kappa shape index (κ2) is 5.47. The van der Waals surface area contributed by atoms with Crippen LogP contribution in [0.1, 0.15) is 38.8 Å². The van der Waals surface area contributed by atoms with Crippen LogP contribution in [0.3, 0.4) is 0 Å². The summed E-state index contributed by atoms with van der Waals surface area (Å²) in [6, 6.07) is 1.77. The van der Waals surface area contributed by atoms with Crippen molar-refractivity contribution in [2.75, 3.05) is 4.72 Å². The number of rotatable bonds is 5. The maximum absolute atomic E-state index is 11.8. The molecule has 0 amide bonds. The van der Waals surface area contributed by atoms with Gasteiger partial charge in [0.15, 0.2) is 10.4 Å². The molecule has 0 aliphatic carbocycles. The quantitative estimate of drug-likeness (QED) is 0.892. The van der Waals surface area contributed by atoms with Crippen molar-refractivity contribution in [2.24, 2.45) is 0 Å². The van der Waals surface area contributed by atoms with Crippen LogP contribution in [0.4, 0.5) is 5.13 Å². The van der Waals surface area contributed by atoms with Gasteiger partial charge in [0.2, 0.25) is 0 Å². The first-order chi connectivity index (χ1) is 7.90. The Labute approximate surface area is 106 Å². The lowest BCUT2D eigenvalue weighted by Gasteiger charge is -2.08. The minimum absolute atomic E-state index is 0.252. The monoisotopic (exact) mass is 273 g/mol. The van der Waals surface area contributed by atoms with Crippen molar-refractivity contribution in [3.8, 4) is 6.07 Å². The van der Waals surface area contributed by atoms with Crippen molar-refractivity contribution >= 4 is 26.5 Å². The summed E-state index contributed by atoms with van der Waals surface area (Å²) in [5.41, 5.74) is 0.845. The summed E-state index contributed by atoms with van der Waals surface area (Å²) >= 11 is 1.23. The van der Waals surface area contributed by atoms with Gasteiger partial charge in [-0.1, -0.05) is 20.8 Å². The van der Waals surface area contributed by atoms with Gasteiger partial charge in [-0.25, -0.2) is 13.4 Å². The molecule has 0 saturated heterocycles. The summed E-state index contributed by atoms with van der Waals surface area (Å²) < 4.78 is 25.9. The first-order valence-electron chi connectivity index (χ1n) is 5.27. The highest BCUT2D eigenvalue weighted by Crippen LogP contribution is 2.23. The molecule has 94 valence electrons. The SMILES string of the molecule is CCC(C#N)S(=O)(=O)Nc1nc(C(C)C)cs1. The van der Waals surface area contributed by atoms with Gasteiger partial charge in [-0.15, -0.1) is 11.3 Å². The molecular weight excluding hydrogens is 258 g/mol. The smallest absolute Gasteiger partial charge is 0.250 e. The summed E-state index contributed by atoms with van der Waals surface area (Å²) in [4.78, 5) is 4.16. The molecule has 1 N–H and O–H groups in total. The van der Waals surface area contributed by atoms with Gasteiger partial charge >= 0.3 is 0 Å². The molecule has 1 heterocycles. The number of nitriles is 1. The van der Waals surface area contributed by atoms with E-state index in [0.717, 1.165) is 5.69 Å². The lowest BCUT2D eigenvalue weighted by molar-refractivity contribution is 0.592. The number of nitrogens with one attached hydrogen (secondary N) is 1. The Kier molecular flexibility index (Phi) is 4.48. The van der Waals surface area contributed by atoms with Gasteiger partial charge in [0, 0.05) is 5.38 Å². The van der Waals surface area contributed by atoms with Crippen LogP contribution in [0.15, 0.2) is 5.38 Å². The third-order valence-corrected chi connectivity index (χ3v) is 4.80. The van der Waals surface area contributed by atoms with Crippen molar-refractivity contribution in [1.82, 2.24) is 4.98 Å². The molecule has 1 aromatic heterocycles. The van der Waals surface area contributed by atoms with Gasteiger partial charge in [0.25, 0.3) is 10.0 Å². The number of aromatic nitrogens is 1. The number of nitrogens with zero attached hydrogens (tertiary/aromatic N) is 2. The van der Waals surface area contributed by atoms with E-state index < -0.39 is 15.3 Å². The van der Waals surface area contributed by atoms with Crippen LogP contribution in [0.2, 0.25) is 0 Å². The Morgan fingerprint density at radius 2 is 2.24 bits per heavy atom. The average Bonchev–Trinajstić information content (AvgIpc) is 2.66. The molecule has 1 aromatic rings. The average molecular weight is 273 g/mol. The number of thiazole rings is 1. The van der Waals surface area contributed by atoms with E-state index in [-0.39, 0.29) is 12.3 Å². The molecule has 0 aliphatic rings. The predicted molar refractivity (Wildman–Crippen MR) is 68.4 cm³/mol. The molecule has 7 heteroatoms. The molecule has 0 aromatic carbocycles. The third kappa shape index (κ3) is 3.41. The Morgan fingerprint density at radius 3 is 2.65 bits per heavy atom. The number of hydrogen-bond acceptors (Lipinski definition) is 5. The van der Waals surface area contributed by atoms with E-state index in [9.17, 15) is 8.42 Å². The fourth-order valence-electron chi connectivity index (χ4n) is 1.17. The number of anilines is 1. The van der Waals surface area contributed by atoms with Crippen molar-refractivity contribution in [2.45, 2.75) is 38.4 Å². The van der Waals surface area contributed by atoms with Crippen LogP contribution in [0.25, 0.3) is 0 Å². The molecule has 0 bridgehead atoms. The van der Waals surface area contributed by atoms with Gasteiger partial charge in [0.1, 0.15) is 0 Å². The van der Waals surface area contributed by atoms with E-state index in [0.29, 0.717) is 5.13 Å². The Morgan fingerprint density at radius 1 is 1.59 bits per heavy atom. The summed E-state index contributed by atoms with van der Waals surface area (Å²) in [6.45, 7) is 5.63. The maximum Gasteiger partial charge on any atom is 0.250 e. The number of sulfonamides is 1. The molecule has 1 unspecified atom stereocenters. The van der Waals surface area contributed by atoms with E-state index >= 15 is 0 Å². The maximum atomic E-state index is 11.8. The van der Waals surface area contributed by atoms with Gasteiger partial charge in [0.05, 0.1) is 11.8 Å². The number of hydrogen-bond donors (Lipinski definition) is 1. The molecule has 0 radical (unpaired) electrons. The van der Waals surface area contributed by atoms with Gasteiger partial charge in [-0.3, -0.25) is 4.72 Å².